The molecule has 0 unspecified atom stereocenters. The van der Waals surface area contributed by atoms with Crippen LogP contribution in [0.4, 0.5) is 0 Å². The van der Waals surface area contributed by atoms with E-state index in [1.54, 1.807) is 0 Å². The van der Waals surface area contributed by atoms with Crippen LogP contribution in [0, 0.1) is 5.25 Å². The molecule has 0 N–H and O–H groups in total. The Bertz CT molecular complexity index is 61.5. The van der Waals surface area contributed by atoms with E-state index in [1.807, 2.05) is 0 Å². The average Bonchev–Trinajstić information content (AvgIpc) is 1.63. The van der Waals surface area contributed by atoms with Crippen LogP contribution in [0.2, 0.25) is 17.3 Å². The third-order valence-electron chi connectivity index (χ3n) is 1.31. The van der Waals surface area contributed by atoms with Crippen LogP contribution in [-0.4, -0.2) is 13.3 Å². The van der Waals surface area contributed by atoms with Crippen LogP contribution in [0.5, 0.6) is 0 Å². The molecule has 0 fully saturated rings. The van der Waals surface area contributed by atoms with Crippen molar-refractivity contribution in [2.75, 3.05) is 0 Å². The van der Waals surface area contributed by atoms with Gasteiger partial charge in [0.05, 0.1) is 0 Å². The predicted molar refractivity (Wildman–Crippen MR) is 47.2 cm³/mol. The van der Waals surface area contributed by atoms with Gasteiger partial charge in [-0.3, -0.25) is 0 Å². The molecule has 0 heterocycles. The van der Waals surface area contributed by atoms with E-state index in [4.69, 9.17) is 0 Å². The third kappa shape index (κ3) is 8.54. The van der Waals surface area contributed by atoms with Gasteiger partial charge in [0.25, 0.3) is 0 Å². The first kappa shape index (κ1) is 9.54. The molecule has 0 saturated carbocycles. The topological polar surface area (TPSA) is 0 Å². The Kier molecular flexibility index (Phi) is 4.64. The summed E-state index contributed by atoms with van der Waals surface area (Å²) in [4.78, 5) is 0. The number of hydrogen-bond donors (Lipinski definition) is 0. The molecular weight excluding hydrogens is 169 g/mol. The van der Waals surface area contributed by atoms with Crippen molar-refractivity contribution in [1.82, 2.24) is 0 Å². The van der Waals surface area contributed by atoms with E-state index in [-0.39, 0.29) is 0 Å². The summed E-state index contributed by atoms with van der Waals surface area (Å²) in [6.45, 7) is 2.25. The molecule has 0 aliphatic rings. The summed E-state index contributed by atoms with van der Waals surface area (Å²) < 4.78 is 0. The fourth-order valence-corrected chi connectivity index (χ4v) is 2.98. The average molecular weight is 188 g/mol. The maximum absolute atomic E-state index is 2.59. The zero-order chi connectivity index (χ0) is 7.33. The van der Waals surface area contributed by atoms with E-state index in [1.165, 1.54) is 19.3 Å². The van der Waals surface area contributed by atoms with Crippen LogP contribution in [0.1, 0.15) is 26.2 Å². The minimum atomic E-state index is -1.26. The minimum absolute atomic E-state index is 1.26. The molecule has 0 bridgehead atoms. The van der Waals surface area contributed by atoms with E-state index >= 15 is 0 Å². The summed E-state index contributed by atoms with van der Waals surface area (Å²) in [7, 11) is 0. The van der Waals surface area contributed by atoms with Crippen LogP contribution in [-0.2, 0) is 0 Å². The Hall–Kier alpha value is 0.543. The Balaban J connectivity index is 3.07. The van der Waals surface area contributed by atoms with Crippen LogP contribution < -0.4 is 0 Å². The van der Waals surface area contributed by atoms with Gasteiger partial charge in [-0.15, -0.1) is 0 Å². The summed E-state index contributed by atoms with van der Waals surface area (Å²) in [5.41, 5.74) is 0. The van der Waals surface area contributed by atoms with Crippen LogP contribution >= 0.6 is 0 Å². The number of unbranched alkanes of at least 4 members (excludes halogenated alkanes) is 2. The molecule has 0 aromatic heterocycles. The van der Waals surface area contributed by atoms with Crippen LogP contribution in [0.3, 0.4) is 0 Å². The van der Waals surface area contributed by atoms with Crippen molar-refractivity contribution in [1.29, 1.82) is 0 Å². The molecule has 1 radical (unpaired) electrons. The van der Waals surface area contributed by atoms with Gasteiger partial charge in [0.15, 0.2) is 0 Å². The Morgan fingerprint density at radius 1 is 1.22 bits per heavy atom. The van der Waals surface area contributed by atoms with Gasteiger partial charge in [-0.25, -0.2) is 0 Å². The molecule has 0 aromatic carbocycles. The van der Waals surface area contributed by atoms with E-state index in [9.17, 15) is 0 Å². The Labute approximate surface area is 62.4 Å². The standard InChI is InChI=1S/C8H19Ge/c1-5-6-7-8-9(2,3)4/h8H,5-7H2,1-4H3. The molecule has 0 aliphatic carbocycles. The summed E-state index contributed by atoms with van der Waals surface area (Å²) in [5, 5.41) is 2.59. The normalized spacial score (nSPS) is 12.0. The van der Waals surface area contributed by atoms with Crippen molar-refractivity contribution in [3.8, 4) is 0 Å². The van der Waals surface area contributed by atoms with Gasteiger partial charge in [0.1, 0.15) is 0 Å². The molecule has 55 valence electrons. The van der Waals surface area contributed by atoms with Crippen LogP contribution in [0.15, 0.2) is 0 Å². The molecule has 9 heavy (non-hydrogen) atoms. The van der Waals surface area contributed by atoms with E-state index in [0.29, 0.717) is 0 Å². The molecule has 0 saturated heterocycles. The van der Waals surface area contributed by atoms with Gasteiger partial charge in [0, 0.05) is 0 Å². The van der Waals surface area contributed by atoms with Gasteiger partial charge in [-0.1, -0.05) is 0 Å². The monoisotopic (exact) mass is 189 g/mol. The van der Waals surface area contributed by atoms with Gasteiger partial charge in [-0.2, -0.15) is 0 Å². The molecule has 0 amide bonds. The zero-order valence-electron chi connectivity index (χ0n) is 7.20. The second kappa shape index (κ2) is 4.37. The Morgan fingerprint density at radius 2 is 1.78 bits per heavy atom. The fourth-order valence-electron chi connectivity index (χ4n) is 0.739. The van der Waals surface area contributed by atoms with Crippen molar-refractivity contribution < 1.29 is 0 Å². The Morgan fingerprint density at radius 3 is 2.11 bits per heavy atom. The first-order chi connectivity index (χ1) is 4.06. The van der Waals surface area contributed by atoms with Crippen molar-refractivity contribution in [3.63, 3.8) is 0 Å². The molecule has 0 atom stereocenters. The van der Waals surface area contributed by atoms with Gasteiger partial charge >= 0.3 is 62.0 Å². The van der Waals surface area contributed by atoms with Crippen molar-refractivity contribution in [2.45, 2.75) is 43.5 Å². The summed E-state index contributed by atoms with van der Waals surface area (Å²) >= 11 is -1.26. The maximum atomic E-state index is 2.59. The summed E-state index contributed by atoms with van der Waals surface area (Å²) in [5.74, 6) is 7.32. The summed E-state index contributed by atoms with van der Waals surface area (Å²) in [6.07, 6.45) is 4.09. The zero-order valence-corrected chi connectivity index (χ0v) is 9.30. The van der Waals surface area contributed by atoms with Gasteiger partial charge in [-0.05, 0) is 0 Å². The quantitative estimate of drug-likeness (QED) is 0.469. The molecule has 0 aliphatic heterocycles. The SMILES string of the molecule is CCCC[CH][Ge]([CH3])([CH3])[CH3]. The van der Waals surface area contributed by atoms with E-state index in [2.05, 4.69) is 29.4 Å². The predicted octanol–water partition coefficient (Wildman–Crippen LogP) is 3.26. The molecule has 0 spiro atoms. The van der Waals surface area contributed by atoms with Crippen molar-refractivity contribution >= 4 is 13.3 Å². The van der Waals surface area contributed by atoms with E-state index in [0.717, 1.165) is 0 Å². The van der Waals surface area contributed by atoms with Crippen molar-refractivity contribution in [3.05, 3.63) is 5.25 Å². The molecular formula is C8H19Ge. The third-order valence-corrected chi connectivity index (χ3v) is 4.49. The number of rotatable bonds is 4. The second-order valence-electron chi connectivity index (χ2n) is 3.71. The number of hydrogen-bond acceptors (Lipinski definition) is 0. The molecule has 1 heteroatoms. The molecule has 0 rings (SSSR count). The molecule has 0 nitrogen and oxygen atoms in total. The van der Waals surface area contributed by atoms with E-state index < -0.39 is 13.3 Å². The van der Waals surface area contributed by atoms with Gasteiger partial charge in [0.2, 0.25) is 0 Å². The van der Waals surface area contributed by atoms with Crippen LogP contribution in [0.25, 0.3) is 0 Å². The van der Waals surface area contributed by atoms with Crippen molar-refractivity contribution in [2.24, 2.45) is 0 Å². The first-order valence-corrected chi connectivity index (χ1v) is 11.4. The summed E-state index contributed by atoms with van der Waals surface area (Å²) in [6, 6.07) is 0. The fraction of sp³-hybridized carbons (Fsp3) is 0.875. The second-order valence-corrected chi connectivity index (χ2v) is 14.5. The first-order valence-electron chi connectivity index (χ1n) is 3.90. The van der Waals surface area contributed by atoms with Gasteiger partial charge < -0.3 is 0 Å². The molecule has 0 aromatic rings.